The first-order valence-electron chi connectivity index (χ1n) is 6.62. The summed E-state index contributed by atoms with van der Waals surface area (Å²) in [6.07, 6.45) is 0. The Morgan fingerprint density at radius 1 is 1.11 bits per heavy atom. The molecule has 0 unspecified atom stereocenters. The maximum absolute atomic E-state index is 6.07. The molecule has 5 heteroatoms. The first kappa shape index (κ1) is 14.4. The largest absolute Gasteiger partial charge is 0.495 e. The van der Waals surface area contributed by atoms with Crippen LogP contribution in [0.2, 0.25) is 0 Å². The summed E-state index contributed by atoms with van der Waals surface area (Å²) in [5, 5.41) is 0. The first-order chi connectivity index (χ1) is 8.68. The highest BCUT2D eigenvalue weighted by atomic mass is 16.7. The number of nitrogen functional groups attached to an aromatic ring is 1. The summed E-state index contributed by atoms with van der Waals surface area (Å²) in [7, 11) is -0.390. The zero-order valence-corrected chi connectivity index (χ0v) is 12.4. The van der Waals surface area contributed by atoms with E-state index < -0.39 is 7.12 Å². The lowest BCUT2D eigenvalue weighted by Crippen LogP contribution is -2.41. The topological polar surface area (TPSA) is 70.5 Å². The minimum absolute atomic E-state index is 0.350. The van der Waals surface area contributed by atoms with Gasteiger partial charge in [-0.2, -0.15) is 0 Å². The van der Waals surface area contributed by atoms with E-state index in [2.05, 4.69) is 0 Å². The molecule has 1 aliphatic rings. The van der Waals surface area contributed by atoms with E-state index in [-0.39, 0.29) is 11.2 Å². The lowest BCUT2D eigenvalue weighted by Gasteiger charge is -2.32. The zero-order chi connectivity index (χ0) is 14.4. The summed E-state index contributed by atoms with van der Waals surface area (Å²) in [6, 6.07) is 3.93. The van der Waals surface area contributed by atoms with Crippen molar-refractivity contribution in [3.8, 4) is 0 Å². The first-order valence-corrected chi connectivity index (χ1v) is 6.62. The fourth-order valence-corrected chi connectivity index (χ4v) is 2.16. The van der Waals surface area contributed by atoms with Crippen LogP contribution in [-0.2, 0) is 15.9 Å². The van der Waals surface area contributed by atoms with Gasteiger partial charge in [0.25, 0.3) is 0 Å². The third-order valence-electron chi connectivity index (χ3n) is 4.29. The van der Waals surface area contributed by atoms with Crippen molar-refractivity contribution in [3.63, 3.8) is 0 Å². The molecule has 4 nitrogen and oxygen atoms in total. The number of benzene rings is 1. The van der Waals surface area contributed by atoms with Gasteiger partial charge in [-0.1, -0.05) is 6.07 Å². The van der Waals surface area contributed by atoms with Crippen LogP contribution in [0, 0.1) is 6.92 Å². The number of nitrogens with two attached hydrogens (primary N) is 2. The van der Waals surface area contributed by atoms with Gasteiger partial charge in [0, 0.05) is 12.2 Å². The highest BCUT2D eigenvalue weighted by Crippen LogP contribution is 2.36. The number of hydrogen-bond donors (Lipinski definition) is 2. The highest BCUT2D eigenvalue weighted by Gasteiger charge is 2.52. The second-order valence-electron chi connectivity index (χ2n) is 6.19. The molecule has 0 aliphatic carbocycles. The molecule has 0 atom stereocenters. The van der Waals surface area contributed by atoms with Gasteiger partial charge >= 0.3 is 7.12 Å². The number of rotatable bonds is 2. The van der Waals surface area contributed by atoms with Crippen molar-refractivity contribution in [2.45, 2.75) is 52.4 Å². The molecular weight excluding hydrogens is 239 g/mol. The third kappa shape index (κ3) is 2.38. The Morgan fingerprint density at radius 2 is 1.63 bits per heavy atom. The van der Waals surface area contributed by atoms with E-state index in [1.54, 1.807) is 0 Å². The highest BCUT2D eigenvalue weighted by molar-refractivity contribution is 6.62. The Kier molecular flexibility index (Phi) is 3.41. The molecule has 1 aromatic carbocycles. The molecular formula is C14H23BN2O2. The Balaban J connectivity index is 2.42. The Bertz CT molecular complexity index is 484. The quantitative estimate of drug-likeness (QED) is 0.623. The van der Waals surface area contributed by atoms with Crippen LogP contribution in [0.3, 0.4) is 0 Å². The molecule has 0 amide bonds. The molecule has 4 N–H and O–H groups in total. The van der Waals surface area contributed by atoms with Crippen molar-refractivity contribution in [3.05, 3.63) is 23.3 Å². The van der Waals surface area contributed by atoms with Crippen molar-refractivity contribution in [2.75, 3.05) is 5.73 Å². The van der Waals surface area contributed by atoms with Crippen LogP contribution >= 0.6 is 0 Å². The van der Waals surface area contributed by atoms with Gasteiger partial charge in [-0.05, 0) is 57.3 Å². The second kappa shape index (κ2) is 4.51. The van der Waals surface area contributed by atoms with Gasteiger partial charge in [0.1, 0.15) is 0 Å². The molecule has 1 aromatic rings. The Morgan fingerprint density at radius 3 is 2.11 bits per heavy atom. The molecule has 104 valence electrons. The van der Waals surface area contributed by atoms with Crippen LogP contribution in [0.4, 0.5) is 5.69 Å². The summed E-state index contributed by atoms with van der Waals surface area (Å²) in [5.41, 5.74) is 14.7. The fourth-order valence-electron chi connectivity index (χ4n) is 2.16. The SMILES string of the molecule is Cc1c(N)cc(CN)cc1B1OC(C)(C)C(C)(C)O1. The maximum Gasteiger partial charge on any atom is 0.495 e. The Labute approximate surface area is 115 Å². The number of anilines is 1. The standard InChI is InChI=1S/C14H23BN2O2/c1-9-11(6-10(8-16)7-12(9)17)15-18-13(2,3)14(4,5)19-15/h6-7H,8,16-17H2,1-5H3. The Hall–Kier alpha value is -1.04. The molecule has 1 aliphatic heterocycles. The van der Waals surface area contributed by atoms with Crippen LogP contribution < -0.4 is 16.9 Å². The normalized spacial score (nSPS) is 20.8. The molecule has 1 saturated heterocycles. The summed E-state index contributed by atoms with van der Waals surface area (Å²) < 4.78 is 12.1. The monoisotopic (exact) mass is 262 g/mol. The molecule has 0 spiro atoms. The lowest BCUT2D eigenvalue weighted by molar-refractivity contribution is 0.00578. The predicted molar refractivity (Wildman–Crippen MR) is 79.2 cm³/mol. The van der Waals surface area contributed by atoms with E-state index >= 15 is 0 Å². The van der Waals surface area contributed by atoms with E-state index in [1.807, 2.05) is 46.8 Å². The zero-order valence-electron chi connectivity index (χ0n) is 12.4. The van der Waals surface area contributed by atoms with Crippen LogP contribution in [-0.4, -0.2) is 18.3 Å². The van der Waals surface area contributed by atoms with Crippen LogP contribution in [0.5, 0.6) is 0 Å². The molecule has 1 heterocycles. The molecule has 1 fully saturated rings. The van der Waals surface area contributed by atoms with E-state index in [0.29, 0.717) is 6.54 Å². The molecule has 19 heavy (non-hydrogen) atoms. The van der Waals surface area contributed by atoms with Gasteiger partial charge in [-0.25, -0.2) is 0 Å². The smallest absolute Gasteiger partial charge is 0.399 e. The van der Waals surface area contributed by atoms with Crippen molar-refractivity contribution in [2.24, 2.45) is 5.73 Å². The molecule has 2 rings (SSSR count). The van der Waals surface area contributed by atoms with Gasteiger partial charge in [0.2, 0.25) is 0 Å². The van der Waals surface area contributed by atoms with Crippen LogP contribution in [0.25, 0.3) is 0 Å². The van der Waals surface area contributed by atoms with Gasteiger partial charge in [0.05, 0.1) is 11.2 Å². The predicted octanol–water partition coefficient (Wildman–Crippen LogP) is 1.34. The third-order valence-corrected chi connectivity index (χ3v) is 4.29. The minimum atomic E-state index is -0.390. The minimum Gasteiger partial charge on any atom is -0.399 e. The maximum atomic E-state index is 6.07. The molecule has 0 aromatic heterocycles. The van der Waals surface area contributed by atoms with E-state index in [1.165, 1.54) is 0 Å². The number of hydrogen-bond acceptors (Lipinski definition) is 4. The van der Waals surface area contributed by atoms with Crippen molar-refractivity contribution < 1.29 is 9.31 Å². The van der Waals surface area contributed by atoms with E-state index in [0.717, 1.165) is 22.3 Å². The fraction of sp³-hybridized carbons (Fsp3) is 0.571. The van der Waals surface area contributed by atoms with Gasteiger partial charge in [-0.15, -0.1) is 0 Å². The van der Waals surface area contributed by atoms with E-state index in [4.69, 9.17) is 20.8 Å². The molecule has 0 bridgehead atoms. The van der Waals surface area contributed by atoms with Crippen LogP contribution in [0.15, 0.2) is 12.1 Å². The summed E-state index contributed by atoms with van der Waals surface area (Å²) >= 11 is 0. The average molecular weight is 262 g/mol. The van der Waals surface area contributed by atoms with Crippen molar-refractivity contribution in [1.82, 2.24) is 0 Å². The van der Waals surface area contributed by atoms with E-state index in [9.17, 15) is 0 Å². The van der Waals surface area contributed by atoms with Gasteiger partial charge < -0.3 is 20.8 Å². The summed E-state index contributed by atoms with van der Waals surface area (Å²) in [6.45, 7) is 10.6. The molecule has 0 saturated carbocycles. The second-order valence-corrected chi connectivity index (χ2v) is 6.19. The summed E-state index contributed by atoms with van der Waals surface area (Å²) in [5.74, 6) is 0. The van der Waals surface area contributed by atoms with Crippen molar-refractivity contribution in [1.29, 1.82) is 0 Å². The van der Waals surface area contributed by atoms with Gasteiger partial charge in [0.15, 0.2) is 0 Å². The van der Waals surface area contributed by atoms with Gasteiger partial charge in [-0.3, -0.25) is 0 Å². The van der Waals surface area contributed by atoms with Crippen LogP contribution in [0.1, 0.15) is 38.8 Å². The summed E-state index contributed by atoms with van der Waals surface area (Å²) in [4.78, 5) is 0. The lowest BCUT2D eigenvalue weighted by atomic mass is 9.75. The molecule has 0 radical (unpaired) electrons. The van der Waals surface area contributed by atoms with Crippen molar-refractivity contribution >= 4 is 18.3 Å². The average Bonchev–Trinajstić information content (AvgIpc) is 2.51.